The van der Waals surface area contributed by atoms with Crippen LogP contribution in [-0.2, 0) is 16.1 Å². The number of nitrogens with one attached hydrogen (secondary N) is 2. The summed E-state index contributed by atoms with van der Waals surface area (Å²) in [6, 6.07) is 18.5. The maximum atomic E-state index is 12.5. The van der Waals surface area contributed by atoms with Gasteiger partial charge in [-0.2, -0.15) is 5.16 Å². The number of carbonyl (C=O) groups is 2. The molecule has 0 spiro atoms. The van der Waals surface area contributed by atoms with Crippen molar-refractivity contribution in [3.63, 3.8) is 0 Å². The molecule has 0 radical (unpaired) electrons. The molecule has 1 amide bonds. The molecule has 3 aromatic rings. The molecule has 0 saturated carbocycles. The van der Waals surface area contributed by atoms with E-state index in [1.54, 1.807) is 6.92 Å². The Balaban J connectivity index is 1.78. The largest absolute Gasteiger partial charge is 0.464 e. The number of H-pyrrole nitrogens is 1. The van der Waals surface area contributed by atoms with E-state index in [0.29, 0.717) is 0 Å². The Bertz CT molecular complexity index is 1100. The minimum absolute atomic E-state index is 0.108. The van der Waals surface area contributed by atoms with E-state index in [1.165, 1.54) is 11.9 Å². The molecule has 2 aromatic carbocycles. The number of hydrogen-bond donors (Lipinski definition) is 3. The monoisotopic (exact) mass is 439 g/mol. The van der Waals surface area contributed by atoms with Gasteiger partial charge in [0.2, 0.25) is 5.76 Å². The molecule has 0 aliphatic rings. The van der Waals surface area contributed by atoms with Gasteiger partial charge in [-0.3, -0.25) is 15.0 Å². The van der Waals surface area contributed by atoms with Gasteiger partial charge in [-0.25, -0.2) is 9.80 Å². The lowest BCUT2D eigenvalue weighted by molar-refractivity contribution is -0.165. The number of ether oxygens (including phenoxy) is 1. The molecular weight excluding hydrogens is 414 g/mol. The van der Waals surface area contributed by atoms with Crippen LogP contribution in [0.5, 0.6) is 0 Å². The Kier molecular flexibility index (Phi) is 7.24. The van der Waals surface area contributed by atoms with Crippen molar-refractivity contribution < 1.29 is 24.0 Å². The standard InChI is InChI=1S/C23H25N3O6/c1-3-31-22(29)23(2,30)15-26(24-21(28)19-13-20(27)25-32-19)14-16-9-11-18(12-10-16)17-7-5-4-6-8-17/h4-13,30H,3,14-15H2,1-2H3,(H,24,28)(H,25,27). The summed E-state index contributed by atoms with van der Waals surface area (Å²) in [5.41, 5.74) is 3.04. The van der Waals surface area contributed by atoms with Crippen molar-refractivity contribution in [2.24, 2.45) is 0 Å². The SMILES string of the molecule is CCOC(=O)C(C)(O)CN(Cc1ccc(-c2ccccc2)cc1)NC(=O)c1cc(=O)[nH]o1. The van der Waals surface area contributed by atoms with Gasteiger partial charge in [0, 0.05) is 6.54 Å². The van der Waals surface area contributed by atoms with E-state index in [4.69, 9.17) is 9.26 Å². The summed E-state index contributed by atoms with van der Waals surface area (Å²) < 4.78 is 9.75. The number of esters is 1. The van der Waals surface area contributed by atoms with Crippen LogP contribution in [0.25, 0.3) is 11.1 Å². The highest BCUT2D eigenvalue weighted by molar-refractivity contribution is 5.90. The Morgan fingerprint density at radius 3 is 2.38 bits per heavy atom. The molecule has 1 aromatic heterocycles. The molecular formula is C23H25N3O6. The van der Waals surface area contributed by atoms with E-state index in [2.05, 4.69) is 5.43 Å². The second-order valence-electron chi connectivity index (χ2n) is 7.43. The smallest absolute Gasteiger partial charge is 0.339 e. The van der Waals surface area contributed by atoms with Gasteiger partial charge in [-0.05, 0) is 30.5 Å². The third-order valence-corrected chi connectivity index (χ3v) is 4.66. The summed E-state index contributed by atoms with van der Waals surface area (Å²) in [6.07, 6.45) is 0. The van der Waals surface area contributed by atoms with Gasteiger partial charge >= 0.3 is 11.9 Å². The number of aromatic nitrogens is 1. The van der Waals surface area contributed by atoms with Crippen LogP contribution in [0.3, 0.4) is 0 Å². The van der Waals surface area contributed by atoms with Crippen molar-refractivity contribution in [2.75, 3.05) is 13.2 Å². The lowest BCUT2D eigenvalue weighted by Gasteiger charge is -2.30. The summed E-state index contributed by atoms with van der Waals surface area (Å²) >= 11 is 0. The van der Waals surface area contributed by atoms with Gasteiger partial charge in [0.25, 0.3) is 5.56 Å². The normalized spacial score (nSPS) is 12.9. The van der Waals surface area contributed by atoms with E-state index in [1.807, 2.05) is 59.8 Å². The number of amides is 1. The fraction of sp³-hybridized carbons (Fsp3) is 0.261. The highest BCUT2D eigenvalue weighted by Gasteiger charge is 2.35. The fourth-order valence-corrected chi connectivity index (χ4v) is 3.11. The third kappa shape index (κ3) is 5.93. The molecule has 1 atom stereocenters. The predicted octanol–water partition coefficient (Wildman–Crippen LogP) is 2.10. The van der Waals surface area contributed by atoms with Crippen molar-refractivity contribution in [3.8, 4) is 11.1 Å². The second kappa shape index (κ2) is 10.1. The molecule has 0 bridgehead atoms. The number of carbonyl (C=O) groups excluding carboxylic acids is 2. The van der Waals surface area contributed by atoms with Crippen molar-refractivity contribution >= 4 is 11.9 Å². The quantitative estimate of drug-likeness (QED) is 0.344. The fourth-order valence-electron chi connectivity index (χ4n) is 3.11. The number of benzene rings is 2. The first-order valence-electron chi connectivity index (χ1n) is 10.1. The molecule has 168 valence electrons. The number of hydrogen-bond acceptors (Lipinski definition) is 7. The van der Waals surface area contributed by atoms with Crippen molar-refractivity contribution in [2.45, 2.75) is 26.0 Å². The molecule has 3 rings (SSSR count). The number of hydrazine groups is 1. The van der Waals surface area contributed by atoms with Crippen LogP contribution in [0.15, 0.2) is 70.0 Å². The van der Waals surface area contributed by atoms with E-state index >= 15 is 0 Å². The molecule has 0 saturated heterocycles. The number of rotatable bonds is 9. The average Bonchev–Trinajstić information content (AvgIpc) is 3.21. The molecule has 0 aliphatic carbocycles. The number of aliphatic hydroxyl groups is 1. The number of nitrogens with zero attached hydrogens (tertiary/aromatic N) is 1. The molecule has 1 unspecified atom stereocenters. The van der Waals surface area contributed by atoms with E-state index < -0.39 is 23.0 Å². The minimum Gasteiger partial charge on any atom is -0.464 e. The average molecular weight is 439 g/mol. The van der Waals surface area contributed by atoms with Crippen LogP contribution in [0.1, 0.15) is 30.0 Å². The second-order valence-corrected chi connectivity index (χ2v) is 7.43. The lowest BCUT2D eigenvalue weighted by Crippen LogP contribution is -2.53. The third-order valence-electron chi connectivity index (χ3n) is 4.66. The first kappa shape index (κ1) is 23.0. The molecule has 3 N–H and O–H groups in total. The highest BCUT2D eigenvalue weighted by Crippen LogP contribution is 2.20. The summed E-state index contributed by atoms with van der Waals surface area (Å²) in [5.74, 6) is -1.74. The minimum atomic E-state index is -1.88. The van der Waals surface area contributed by atoms with Gasteiger partial charge in [-0.15, -0.1) is 0 Å². The van der Waals surface area contributed by atoms with Crippen LogP contribution < -0.4 is 11.0 Å². The van der Waals surface area contributed by atoms with E-state index in [9.17, 15) is 19.5 Å². The van der Waals surface area contributed by atoms with E-state index in [0.717, 1.165) is 22.8 Å². The van der Waals surface area contributed by atoms with Crippen LogP contribution in [0.4, 0.5) is 0 Å². The van der Waals surface area contributed by atoms with Crippen LogP contribution in [0.2, 0.25) is 0 Å². The predicted molar refractivity (Wildman–Crippen MR) is 116 cm³/mol. The summed E-state index contributed by atoms with van der Waals surface area (Å²) in [6.45, 7) is 2.96. The van der Waals surface area contributed by atoms with Gasteiger partial charge in [0.15, 0.2) is 5.60 Å². The van der Waals surface area contributed by atoms with E-state index in [-0.39, 0.29) is 25.5 Å². The van der Waals surface area contributed by atoms with Crippen molar-refractivity contribution in [1.29, 1.82) is 0 Å². The first-order valence-corrected chi connectivity index (χ1v) is 10.1. The van der Waals surface area contributed by atoms with Crippen LogP contribution in [0, 0.1) is 0 Å². The van der Waals surface area contributed by atoms with Crippen molar-refractivity contribution in [3.05, 3.63) is 82.3 Å². The maximum Gasteiger partial charge on any atom is 0.339 e. The van der Waals surface area contributed by atoms with Gasteiger partial charge in [0.05, 0.1) is 19.2 Å². The number of aromatic amines is 1. The lowest BCUT2D eigenvalue weighted by atomic mass is 10.0. The van der Waals surface area contributed by atoms with Gasteiger partial charge in [0.1, 0.15) is 0 Å². The van der Waals surface area contributed by atoms with Crippen molar-refractivity contribution in [1.82, 2.24) is 15.6 Å². The first-order chi connectivity index (χ1) is 15.3. The van der Waals surface area contributed by atoms with Gasteiger partial charge in [-0.1, -0.05) is 54.6 Å². The Morgan fingerprint density at radius 1 is 1.12 bits per heavy atom. The van der Waals surface area contributed by atoms with Gasteiger partial charge < -0.3 is 14.4 Å². The molecule has 32 heavy (non-hydrogen) atoms. The Labute approximate surface area is 184 Å². The molecule has 0 fully saturated rings. The van der Waals surface area contributed by atoms with Crippen LogP contribution in [-0.4, -0.2) is 45.9 Å². The highest BCUT2D eigenvalue weighted by atomic mass is 16.5. The summed E-state index contributed by atoms with van der Waals surface area (Å²) in [5, 5.41) is 14.0. The summed E-state index contributed by atoms with van der Waals surface area (Å²) in [4.78, 5) is 35.9. The molecule has 1 heterocycles. The summed E-state index contributed by atoms with van der Waals surface area (Å²) in [7, 11) is 0. The molecule has 9 heteroatoms. The molecule has 0 aliphatic heterocycles. The zero-order valence-corrected chi connectivity index (χ0v) is 17.8. The van der Waals surface area contributed by atoms with Crippen LogP contribution >= 0.6 is 0 Å². The zero-order valence-electron chi connectivity index (χ0n) is 17.8. The topological polar surface area (TPSA) is 125 Å². The molecule has 9 nitrogen and oxygen atoms in total. The maximum absolute atomic E-state index is 12.5. The Hall–Kier alpha value is -3.69. The zero-order chi connectivity index (χ0) is 23.1. The Morgan fingerprint density at radius 2 is 1.78 bits per heavy atom.